The lowest BCUT2D eigenvalue weighted by molar-refractivity contribution is -0.145. The summed E-state index contributed by atoms with van der Waals surface area (Å²) in [6, 6.07) is 8.41. The summed E-state index contributed by atoms with van der Waals surface area (Å²) >= 11 is 0. The molecule has 0 heterocycles. The van der Waals surface area contributed by atoms with Gasteiger partial charge < -0.3 is 4.74 Å². The summed E-state index contributed by atoms with van der Waals surface area (Å²) in [7, 11) is 0. The van der Waals surface area contributed by atoms with Crippen molar-refractivity contribution >= 4 is 6.08 Å². The Bertz CT molecular complexity index is 485. The molecule has 1 aromatic carbocycles. The molecule has 0 aliphatic heterocycles. The largest absolute Gasteiger partial charge is 0.487 e. The van der Waals surface area contributed by atoms with Gasteiger partial charge in [-0.1, -0.05) is 24.8 Å². The van der Waals surface area contributed by atoms with E-state index in [1.807, 2.05) is 6.08 Å². The highest BCUT2D eigenvalue weighted by atomic mass is 16.5. The van der Waals surface area contributed by atoms with Gasteiger partial charge in [-0.2, -0.15) is 0 Å². The Kier molecular flexibility index (Phi) is 2.73. The van der Waals surface area contributed by atoms with Crippen molar-refractivity contribution in [2.45, 2.75) is 44.6 Å². The molecule has 1 heteroatoms. The summed E-state index contributed by atoms with van der Waals surface area (Å²) < 4.78 is 6.54. The molecular weight excluding hydrogens is 244 g/mol. The topological polar surface area (TPSA) is 9.23 Å². The fraction of sp³-hybridized carbons (Fsp3) is 0.579. The molecule has 0 amide bonds. The average molecular weight is 268 g/mol. The molecule has 4 aliphatic rings. The van der Waals surface area contributed by atoms with Gasteiger partial charge in [-0.25, -0.2) is 0 Å². The first kappa shape index (κ1) is 12.5. The molecule has 0 unspecified atom stereocenters. The first-order valence-electron chi connectivity index (χ1n) is 8.09. The molecule has 5 rings (SSSR count). The molecule has 106 valence electrons. The van der Waals surface area contributed by atoms with Crippen molar-refractivity contribution in [2.75, 3.05) is 0 Å². The zero-order valence-corrected chi connectivity index (χ0v) is 12.3. The second-order valence-corrected chi connectivity index (χ2v) is 7.36. The van der Waals surface area contributed by atoms with E-state index in [4.69, 9.17) is 4.74 Å². The zero-order chi connectivity index (χ0) is 13.7. The van der Waals surface area contributed by atoms with Gasteiger partial charge in [0.2, 0.25) is 0 Å². The first-order valence-corrected chi connectivity index (χ1v) is 8.09. The maximum Gasteiger partial charge on any atom is 0.120 e. The normalized spacial score (nSPS) is 41.6. The van der Waals surface area contributed by atoms with Crippen LogP contribution < -0.4 is 4.74 Å². The lowest BCUT2D eigenvalue weighted by atomic mass is 9.50. The van der Waals surface area contributed by atoms with E-state index in [1.54, 1.807) is 0 Å². The van der Waals surface area contributed by atoms with Crippen LogP contribution in [0, 0.1) is 23.7 Å². The Morgan fingerprint density at radius 1 is 1.00 bits per heavy atom. The monoisotopic (exact) mass is 268 g/mol. The minimum Gasteiger partial charge on any atom is -0.487 e. The summed E-state index contributed by atoms with van der Waals surface area (Å²) in [4.78, 5) is 0. The smallest absolute Gasteiger partial charge is 0.120 e. The SMILES string of the molecule is C=Cc1ccc(OC2(C)C3CC4CC(C3)CC2C4)cc1. The van der Waals surface area contributed by atoms with E-state index in [-0.39, 0.29) is 5.60 Å². The van der Waals surface area contributed by atoms with Gasteiger partial charge in [0, 0.05) is 0 Å². The molecule has 4 bridgehead atoms. The van der Waals surface area contributed by atoms with E-state index < -0.39 is 0 Å². The van der Waals surface area contributed by atoms with Gasteiger partial charge in [-0.3, -0.25) is 0 Å². The Morgan fingerprint density at radius 2 is 1.55 bits per heavy atom. The maximum absolute atomic E-state index is 6.54. The standard InChI is InChI=1S/C19H24O/c1-3-13-4-6-18(7-5-13)20-19(2)16-9-14-8-15(11-16)12-17(19)10-14/h3-7,14-17H,1,8-12H2,2H3. The second kappa shape index (κ2) is 4.38. The van der Waals surface area contributed by atoms with E-state index in [9.17, 15) is 0 Å². The van der Waals surface area contributed by atoms with Crippen LogP contribution in [0.2, 0.25) is 0 Å². The van der Waals surface area contributed by atoms with E-state index in [1.165, 1.54) is 32.1 Å². The highest BCUT2D eigenvalue weighted by molar-refractivity contribution is 5.48. The Labute approximate surface area is 122 Å². The molecule has 4 fully saturated rings. The molecule has 4 aliphatic carbocycles. The predicted molar refractivity (Wildman–Crippen MR) is 82.6 cm³/mol. The third-order valence-corrected chi connectivity index (χ3v) is 6.21. The van der Waals surface area contributed by atoms with Crippen LogP contribution in [0.15, 0.2) is 30.8 Å². The van der Waals surface area contributed by atoms with Crippen LogP contribution in [0.5, 0.6) is 5.75 Å². The second-order valence-electron chi connectivity index (χ2n) is 7.36. The van der Waals surface area contributed by atoms with Gasteiger partial charge in [0.25, 0.3) is 0 Å². The molecule has 0 N–H and O–H groups in total. The number of rotatable bonds is 3. The molecule has 0 saturated heterocycles. The van der Waals surface area contributed by atoms with Crippen LogP contribution in [0.25, 0.3) is 6.08 Å². The summed E-state index contributed by atoms with van der Waals surface area (Å²) in [5, 5.41) is 0. The van der Waals surface area contributed by atoms with Gasteiger partial charge in [0.15, 0.2) is 0 Å². The van der Waals surface area contributed by atoms with Crippen LogP contribution in [-0.2, 0) is 0 Å². The third kappa shape index (κ3) is 1.82. The van der Waals surface area contributed by atoms with Gasteiger partial charge in [0.05, 0.1) is 0 Å². The van der Waals surface area contributed by atoms with Crippen LogP contribution >= 0.6 is 0 Å². The third-order valence-electron chi connectivity index (χ3n) is 6.21. The van der Waals surface area contributed by atoms with Crippen molar-refractivity contribution in [1.82, 2.24) is 0 Å². The zero-order valence-electron chi connectivity index (χ0n) is 12.3. The molecule has 1 aromatic rings. The van der Waals surface area contributed by atoms with Crippen LogP contribution in [-0.4, -0.2) is 5.60 Å². The minimum atomic E-state index is 0.0725. The van der Waals surface area contributed by atoms with Crippen LogP contribution in [0.4, 0.5) is 0 Å². The number of hydrogen-bond acceptors (Lipinski definition) is 1. The summed E-state index contributed by atoms with van der Waals surface area (Å²) in [5.41, 5.74) is 1.23. The van der Waals surface area contributed by atoms with Crippen LogP contribution in [0.1, 0.15) is 44.6 Å². The van der Waals surface area contributed by atoms with Gasteiger partial charge in [-0.05, 0) is 80.4 Å². The van der Waals surface area contributed by atoms with Gasteiger partial charge in [-0.15, -0.1) is 0 Å². The fourth-order valence-corrected chi connectivity index (χ4v) is 5.21. The molecule has 0 radical (unpaired) electrons. The summed E-state index contributed by atoms with van der Waals surface area (Å²) in [6.45, 7) is 6.19. The van der Waals surface area contributed by atoms with Gasteiger partial charge in [0.1, 0.15) is 11.4 Å². The fourth-order valence-electron chi connectivity index (χ4n) is 5.21. The Balaban J connectivity index is 1.58. The van der Waals surface area contributed by atoms with Crippen molar-refractivity contribution < 1.29 is 4.74 Å². The predicted octanol–water partition coefficient (Wildman–Crippen LogP) is 4.92. The number of ether oxygens (including phenoxy) is 1. The minimum absolute atomic E-state index is 0.0725. The first-order chi connectivity index (χ1) is 9.67. The van der Waals surface area contributed by atoms with Crippen molar-refractivity contribution in [3.05, 3.63) is 36.4 Å². The lowest BCUT2D eigenvalue weighted by Gasteiger charge is -2.59. The molecular formula is C19H24O. The maximum atomic E-state index is 6.54. The average Bonchev–Trinajstić information content (AvgIpc) is 2.45. The molecule has 4 saturated carbocycles. The van der Waals surface area contributed by atoms with Crippen molar-refractivity contribution in [3.8, 4) is 5.75 Å². The van der Waals surface area contributed by atoms with E-state index in [0.29, 0.717) is 0 Å². The highest BCUT2D eigenvalue weighted by Crippen LogP contribution is 2.59. The lowest BCUT2D eigenvalue weighted by Crippen LogP contribution is -2.59. The number of hydrogen-bond donors (Lipinski definition) is 0. The summed E-state index contributed by atoms with van der Waals surface area (Å²) in [5.74, 6) is 4.58. The van der Waals surface area contributed by atoms with E-state index in [0.717, 1.165) is 35.0 Å². The quantitative estimate of drug-likeness (QED) is 0.755. The van der Waals surface area contributed by atoms with Crippen molar-refractivity contribution in [1.29, 1.82) is 0 Å². The van der Waals surface area contributed by atoms with Crippen molar-refractivity contribution in [2.24, 2.45) is 23.7 Å². The highest BCUT2D eigenvalue weighted by Gasteiger charge is 2.56. The molecule has 20 heavy (non-hydrogen) atoms. The van der Waals surface area contributed by atoms with Crippen LogP contribution in [0.3, 0.4) is 0 Å². The van der Waals surface area contributed by atoms with Gasteiger partial charge >= 0.3 is 0 Å². The van der Waals surface area contributed by atoms with E-state index >= 15 is 0 Å². The van der Waals surface area contributed by atoms with Crippen molar-refractivity contribution in [3.63, 3.8) is 0 Å². The van der Waals surface area contributed by atoms with E-state index in [2.05, 4.69) is 37.8 Å². The molecule has 0 atom stereocenters. The molecule has 0 aromatic heterocycles. The summed E-state index contributed by atoms with van der Waals surface area (Å²) in [6.07, 6.45) is 8.97. The molecule has 0 spiro atoms. The number of benzene rings is 1. The Morgan fingerprint density at radius 3 is 2.05 bits per heavy atom. The molecule has 1 nitrogen and oxygen atoms in total. The Hall–Kier alpha value is -1.24.